The largest absolute Gasteiger partial charge is 0.304 e. The Hall–Kier alpha value is -0.0400. The normalized spacial score (nSPS) is 5.62. The minimum atomic E-state index is 0. The van der Waals surface area contributed by atoms with E-state index in [1.165, 1.54) is 26.1 Å². The Kier molecular flexibility index (Phi) is 212. The van der Waals surface area contributed by atoms with Gasteiger partial charge >= 0.3 is 0 Å². The van der Waals surface area contributed by atoms with E-state index >= 15 is 0 Å². The van der Waals surface area contributed by atoms with Crippen LogP contribution in [0, 0.1) is 0 Å². The minimum absolute atomic E-state index is 0. The molecule has 16 heavy (non-hydrogen) atoms. The summed E-state index contributed by atoms with van der Waals surface area (Å²) in [7, 11) is 0. The van der Waals surface area contributed by atoms with Gasteiger partial charge in [-0.25, -0.2) is 0 Å². The Morgan fingerprint density at radius 2 is 0.625 bits per heavy atom. The highest BCUT2D eigenvalue weighted by molar-refractivity contribution is 4.43. The van der Waals surface area contributed by atoms with E-state index in [0.29, 0.717) is 0 Å². The van der Waals surface area contributed by atoms with Crippen molar-refractivity contribution in [1.82, 2.24) is 4.90 Å². The van der Waals surface area contributed by atoms with E-state index in [1.807, 2.05) is 0 Å². The lowest BCUT2D eigenvalue weighted by Crippen LogP contribution is -2.21. The van der Waals surface area contributed by atoms with Crippen LogP contribution >= 0.6 is 0 Å². The molecule has 1 heteroatoms. The lowest BCUT2D eigenvalue weighted by Gasteiger charge is -2.13. The number of hydrogen-bond acceptors (Lipinski definition) is 1. The number of nitrogens with zero attached hydrogens (tertiary/aromatic N) is 1. The molecule has 1 nitrogen and oxygen atoms in total. The summed E-state index contributed by atoms with van der Waals surface area (Å²) in [6.45, 7) is 14.4. The second-order valence-corrected chi connectivity index (χ2v) is 2.33. The van der Waals surface area contributed by atoms with Crippen LogP contribution < -0.4 is 0 Å². The van der Waals surface area contributed by atoms with Crippen molar-refractivity contribution in [3.8, 4) is 0 Å². The van der Waals surface area contributed by atoms with Gasteiger partial charge in [0.1, 0.15) is 0 Å². The van der Waals surface area contributed by atoms with Crippen LogP contribution in [0.15, 0.2) is 0 Å². The maximum absolute atomic E-state index is 2.38. The molecule has 0 aromatic carbocycles. The third-order valence-corrected chi connectivity index (χ3v) is 1.34. The predicted molar refractivity (Wildman–Crippen MR) is 89.8 cm³/mol. The highest BCUT2D eigenvalue weighted by atomic mass is 15.1. The number of hydrogen-bond donors (Lipinski definition) is 0. The third kappa shape index (κ3) is 66.0. The van der Waals surface area contributed by atoms with Gasteiger partial charge in [0.2, 0.25) is 0 Å². The minimum Gasteiger partial charge on any atom is -0.304 e. The number of rotatable bonds is 3. The van der Waals surface area contributed by atoms with Crippen molar-refractivity contribution in [3.63, 3.8) is 0 Å². The Bertz CT molecular complexity index is 35.2. The summed E-state index contributed by atoms with van der Waals surface area (Å²) in [5, 5.41) is 0. The molecule has 0 atom stereocenters. The molecule has 0 bridgehead atoms. The molecule has 0 aromatic rings. The van der Waals surface area contributed by atoms with E-state index < -0.39 is 0 Å². The first kappa shape index (κ1) is 56.4. The second kappa shape index (κ2) is 60.2. The zero-order chi connectivity index (χ0) is 8.41. The summed E-state index contributed by atoms with van der Waals surface area (Å²) < 4.78 is 0. The summed E-state index contributed by atoms with van der Waals surface area (Å²) in [5.74, 6) is 0. The monoisotopic (exact) mass is 241 g/mol. The van der Waals surface area contributed by atoms with Crippen LogP contribution in [-0.2, 0) is 0 Å². The molecule has 0 heterocycles. The van der Waals surface area contributed by atoms with Gasteiger partial charge in [0.15, 0.2) is 0 Å². The fraction of sp³-hybridized carbons (Fsp3) is 1.00. The molecule has 0 radical (unpaired) electrons. The molecule has 0 unspecified atom stereocenters. The molecule has 0 aliphatic heterocycles. The van der Waals surface area contributed by atoms with Gasteiger partial charge in [-0.05, 0) is 19.6 Å². The van der Waals surface area contributed by atoms with E-state index in [2.05, 4.69) is 39.5 Å². The molecule has 0 saturated heterocycles. The van der Waals surface area contributed by atoms with Crippen molar-refractivity contribution in [1.29, 1.82) is 0 Å². The smallest absolute Gasteiger partial charge is 0.00474 e. The summed E-state index contributed by atoms with van der Waals surface area (Å²) in [6, 6.07) is 0. The van der Waals surface area contributed by atoms with Gasteiger partial charge in [-0.15, -0.1) is 0 Å². The van der Waals surface area contributed by atoms with Gasteiger partial charge in [-0.2, -0.15) is 0 Å². The summed E-state index contributed by atoms with van der Waals surface area (Å²) >= 11 is 0. The van der Waals surface area contributed by atoms with Crippen molar-refractivity contribution in [2.75, 3.05) is 19.6 Å². The van der Waals surface area contributed by atoms with Crippen LogP contribution in [0.5, 0.6) is 0 Å². The summed E-state index contributed by atoms with van der Waals surface area (Å²) in [6.07, 6.45) is 1.25. The quantitative estimate of drug-likeness (QED) is 0.539. The van der Waals surface area contributed by atoms with Crippen LogP contribution in [0.25, 0.3) is 0 Å². The van der Waals surface area contributed by atoms with Gasteiger partial charge in [0, 0.05) is 0 Å². The zero-order valence-corrected chi connectivity index (χ0v) is 8.28. The lowest BCUT2D eigenvalue weighted by molar-refractivity contribution is 0.321. The molecular formula is C15H47N. The molecular weight excluding hydrogens is 194 g/mol. The van der Waals surface area contributed by atoms with E-state index in [1.54, 1.807) is 0 Å². The molecule has 112 valence electrons. The van der Waals surface area contributed by atoms with Crippen LogP contribution in [-0.4, -0.2) is 24.5 Å². The first-order valence-electron chi connectivity index (χ1n) is 4.48. The van der Waals surface area contributed by atoms with Crippen molar-refractivity contribution in [2.24, 2.45) is 0 Å². The SMILES string of the molecule is C.C.C.C.C.C.CCC.CCN(CC)CC. The Morgan fingerprint density at radius 3 is 0.625 bits per heavy atom. The Labute approximate surface area is 111 Å². The zero-order valence-electron chi connectivity index (χ0n) is 8.28. The molecule has 0 amide bonds. The van der Waals surface area contributed by atoms with Gasteiger partial charge in [-0.1, -0.05) is 85.6 Å². The highest BCUT2D eigenvalue weighted by Crippen LogP contribution is 1.81. The molecule has 0 fully saturated rings. The van der Waals surface area contributed by atoms with Crippen LogP contribution in [0.1, 0.15) is 85.6 Å². The van der Waals surface area contributed by atoms with Crippen LogP contribution in [0.2, 0.25) is 0 Å². The molecule has 0 aliphatic rings. The van der Waals surface area contributed by atoms with Crippen LogP contribution in [0.4, 0.5) is 0 Å². The van der Waals surface area contributed by atoms with Gasteiger partial charge in [-0.3, -0.25) is 0 Å². The Balaban J connectivity index is -0.0000000109. The standard InChI is InChI=1S/C6H15N.C3H8.6CH4/c1-4-7(5-2)6-3;1-3-2;;;;;;/h4-6H2,1-3H3;3H2,1-2H3;6*1H4. The van der Waals surface area contributed by atoms with Gasteiger partial charge in [0.25, 0.3) is 0 Å². The van der Waals surface area contributed by atoms with Crippen molar-refractivity contribution < 1.29 is 0 Å². The fourth-order valence-corrected chi connectivity index (χ4v) is 0.671. The molecule has 0 spiro atoms. The summed E-state index contributed by atoms with van der Waals surface area (Å²) in [4.78, 5) is 2.38. The average Bonchev–Trinajstić information content (AvgIpc) is 1.93. The molecule has 0 saturated carbocycles. The second-order valence-electron chi connectivity index (χ2n) is 2.33. The van der Waals surface area contributed by atoms with Crippen molar-refractivity contribution >= 4 is 0 Å². The summed E-state index contributed by atoms with van der Waals surface area (Å²) in [5.41, 5.74) is 0. The van der Waals surface area contributed by atoms with E-state index in [9.17, 15) is 0 Å². The first-order chi connectivity index (χ1) is 4.76. The van der Waals surface area contributed by atoms with Crippen molar-refractivity contribution in [3.05, 3.63) is 0 Å². The van der Waals surface area contributed by atoms with E-state index in [0.717, 1.165) is 0 Å². The maximum atomic E-state index is 2.38. The first-order valence-corrected chi connectivity index (χ1v) is 4.48. The highest BCUT2D eigenvalue weighted by Gasteiger charge is 1.89. The maximum Gasteiger partial charge on any atom is -0.00474 e. The van der Waals surface area contributed by atoms with E-state index in [-0.39, 0.29) is 44.6 Å². The van der Waals surface area contributed by atoms with Gasteiger partial charge < -0.3 is 4.90 Å². The van der Waals surface area contributed by atoms with E-state index in [4.69, 9.17) is 0 Å². The third-order valence-electron chi connectivity index (χ3n) is 1.34. The molecule has 0 aromatic heterocycles. The van der Waals surface area contributed by atoms with Gasteiger partial charge in [0.05, 0.1) is 0 Å². The average molecular weight is 242 g/mol. The molecule has 0 aliphatic carbocycles. The van der Waals surface area contributed by atoms with Crippen molar-refractivity contribution in [2.45, 2.75) is 85.6 Å². The predicted octanol–water partition coefficient (Wildman–Crippen LogP) is 6.58. The lowest BCUT2D eigenvalue weighted by atomic mass is 10.5. The molecule has 0 N–H and O–H groups in total. The molecule has 0 rings (SSSR count). The van der Waals surface area contributed by atoms with Crippen LogP contribution in [0.3, 0.4) is 0 Å². The topological polar surface area (TPSA) is 3.24 Å². The fourth-order valence-electron chi connectivity index (χ4n) is 0.671. The Morgan fingerprint density at radius 1 is 0.500 bits per heavy atom.